The van der Waals surface area contributed by atoms with Crippen LogP contribution in [0, 0.1) is 0 Å². The molecule has 0 spiro atoms. The summed E-state index contributed by atoms with van der Waals surface area (Å²) < 4.78 is 23.0. The van der Waals surface area contributed by atoms with Gasteiger partial charge in [0.05, 0.1) is 69.9 Å². The van der Waals surface area contributed by atoms with Crippen molar-refractivity contribution in [2.75, 3.05) is 84.5 Å². The first-order valence-corrected chi connectivity index (χ1v) is 13.1. The Morgan fingerprint density at radius 2 is 1.20 bits per heavy atom. The molecule has 0 amide bonds. The number of nitrogen functional groups attached to an aromatic ring is 1. The maximum absolute atomic E-state index is 11.4. The Labute approximate surface area is 233 Å². The van der Waals surface area contributed by atoms with Crippen LogP contribution in [0.2, 0.25) is 0 Å². The molecule has 5 N–H and O–H groups in total. The second kappa shape index (κ2) is 17.5. The molecule has 220 valence electrons. The van der Waals surface area contributed by atoms with Gasteiger partial charge < -0.3 is 34.6 Å². The fourth-order valence-corrected chi connectivity index (χ4v) is 3.96. The van der Waals surface area contributed by atoms with E-state index in [0.717, 1.165) is 0 Å². The number of nitrogens with two attached hydrogens (primary N) is 1. The van der Waals surface area contributed by atoms with Crippen LogP contribution in [0.25, 0.3) is 0 Å². The maximum Gasteiger partial charge on any atom is 0.354 e. The van der Waals surface area contributed by atoms with Crippen LogP contribution in [-0.2, 0) is 32.0 Å². The lowest BCUT2D eigenvalue weighted by molar-refractivity contribution is 0.00597. The van der Waals surface area contributed by atoms with Crippen molar-refractivity contribution in [2.45, 2.75) is 13.1 Å². The lowest BCUT2D eigenvalue weighted by Crippen LogP contribution is -2.33. The number of aromatic nitrogens is 2. The Kier molecular flexibility index (Phi) is 13.7. The number of rotatable bonds is 7. The molecule has 0 aromatic carbocycles. The highest BCUT2D eigenvalue weighted by Crippen LogP contribution is 2.13. The Morgan fingerprint density at radius 1 is 0.725 bits per heavy atom. The van der Waals surface area contributed by atoms with Crippen molar-refractivity contribution in [1.82, 2.24) is 19.8 Å². The van der Waals surface area contributed by atoms with Gasteiger partial charge in [0.15, 0.2) is 5.69 Å². The predicted molar refractivity (Wildman–Crippen MR) is 144 cm³/mol. The molecule has 1 aliphatic heterocycles. The first-order valence-electron chi connectivity index (χ1n) is 13.1. The molecular formula is C26H38N6O8. The number of carboxylic acids is 2. The van der Waals surface area contributed by atoms with Gasteiger partial charge in [0.25, 0.3) is 0 Å². The summed E-state index contributed by atoms with van der Waals surface area (Å²) in [6.45, 7) is 6.81. The summed E-state index contributed by atoms with van der Waals surface area (Å²) in [5, 5.41) is 18.6. The standard InChI is InChI=1S/C26H38N6O8/c27-30-21-16-22(29-24(17-21)26(35)36)19-32-6-10-39-14-12-37-8-4-31(5-9-38-13-15-40-11-7-32)18-20-2-1-3-23(28-20)25(33)34/h1-3,16-17H,4-15,18-19,27H2,(H,29,30)(H,33,34)(H,35,36). The highest BCUT2D eigenvalue weighted by atomic mass is 16.5. The number of carboxylic acid groups (broad SMARTS) is 2. The largest absolute Gasteiger partial charge is 0.477 e. The molecule has 0 aliphatic carbocycles. The second-order valence-corrected chi connectivity index (χ2v) is 9.00. The fourth-order valence-electron chi connectivity index (χ4n) is 3.96. The van der Waals surface area contributed by atoms with E-state index in [2.05, 4.69) is 25.2 Å². The number of hydrogen-bond donors (Lipinski definition) is 4. The first kappa shape index (κ1) is 31.3. The average Bonchev–Trinajstić information content (AvgIpc) is 2.94. The predicted octanol–water partition coefficient (Wildman–Crippen LogP) is 0.543. The van der Waals surface area contributed by atoms with Gasteiger partial charge in [-0.25, -0.2) is 19.6 Å². The number of anilines is 1. The molecule has 3 rings (SSSR count). The molecule has 2 aromatic rings. The summed E-state index contributed by atoms with van der Waals surface area (Å²) in [5.74, 6) is 3.31. The van der Waals surface area contributed by atoms with E-state index in [0.29, 0.717) is 109 Å². The lowest BCUT2D eigenvalue weighted by atomic mass is 10.2. The molecule has 1 fully saturated rings. The lowest BCUT2D eigenvalue weighted by Gasteiger charge is -2.23. The van der Waals surface area contributed by atoms with E-state index >= 15 is 0 Å². The van der Waals surface area contributed by atoms with Gasteiger partial charge in [-0.15, -0.1) is 0 Å². The van der Waals surface area contributed by atoms with Crippen molar-refractivity contribution >= 4 is 17.6 Å². The average molecular weight is 563 g/mol. The molecule has 0 saturated carbocycles. The third-order valence-corrected chi connectivity index (χ3v) is 6.01. The normalized spacial score (nSPS) is 17.9. The van der Waals surface area contributed by atoms with Gasteiger partial charge >= 0.3 is 11.9 Å². The van der Waals surface area contributed by atoms with E-state index in [9.17, 15) is 19.8 Å². The number of nitrogens with zero attached hydrogens (tertiary/aromatic N) is 4. The van der Waals surface area contributed by atoms with Gasteiger partial charge in [0, 0.05) is 39.3 Å². The Balaban J connectivity index is 1.51. The van der Waals surface area contributed by atoms with Crippen molar-refractivity contribution in [3.8, 4) is 0 Å². The number of ether oxygens (including phenoxy) is 4. The van der Waals surface area contributed by atoms with Crippen LogP contribution in [0.4, 0.5) is 5.69 Å². The Hall–Kier alpha value is -3.24. The highest BCUT2D eigenvalue weighted by molar-refractivity contribution is 5.86. The minimum absolute atomic E-state index is 0.0154. The molecule has 0 atom stereocenters. The van der Waals surface area contributed by atoms with E-state index < -0.39 is 11.9 Å². The van der Waals surface area contributed by atoms with Crippen LogP contribution in [0.3, 0.4) is 0 Å². The molecule has 1 aliphatic rings. The van der Waals surface area contributed by atoms with Crippen LogP contribution < -0.4 is 11.3 Å². The van der Waals surface area contributed by atoms with Crippen molar-refractivity contribution in [3.05, 3.63) is 53.1 Å². The molecule has 1 saturated heterocycles. The summed E-state index contributed by atoms with van der Waals surface area (Å²) in [6.07, 6.45) is 0. The first-order chi connectivity index (χ1) is 19.4. The van der Waals surface area contributed by atoms with Crippen molar-refractivity contribution in [1.29, 1.82) is 0 Å². The van der Waals surface area contributed by atoms with Gasteiger partial charge in [-0.3, -0.25) is 15.6 Å². The molecule has 0 radical (unpaired) electrons. The monoisotopic (exact) mass is 562 g/mol. The topological polar surface area (TPSA) is 182 Å². The highest BCUT2D eigenvalue weighted by Gasteiger charge is 2.14. The SMILES string of the molecule is NNc1cc(CN2CCOCCOCCN(Cc3cccc(C(=O)O)n3)CCOCCOCC2)nc(C(=O)O)c1. The van der Waals surface area contributed by atoms with Crippen LogP contribution >= 0.6 is 0 Å². The van der Waals surface area contributed by atoms with Gasteiger partial charge in [0.2, 0.25) is 0 Å². The van der Waals surface area contributed by atoms with Crippen molar-refractivity contribution < 1.29 is 38.7 Å². The van der Waals surface area contributed by atoms with Gasteiger partial charge in [-0.05, 0) is 24.3 Å². The second-order valence-electron chi connectivity index (χ2n) is 9.00. The summed E-state index contributed by atoms with van der Waals surface area (Å²) in [7, 11) is 0. The Morgan fingerprint density at radius 3 is 1.68 bits per heavy atom. The van der Waals surface area contributed by atoms with E-state index in [1.807, 2.05) is 0 Å². The van der Waals surface area contributed by atoms with E-state index in [1.165, 1.54) is 12.1 Å². The van der Waals surface area contributed by atoms with Crippen LogP contribution in [-0.4, -0.2) is 121 Å². The number of carbonyl (C=O) groups is 2. The third kappa shape index (κ3) is 11.5. The number of hydrogen-bond acceptors (Lipinski definition) is 12. The van der Waals surface area contributed by atoms with Crippen LogP contribution in [0.15, 0.2) is 30.3 Å². The zero-order valence-corrected chi connectivity index (χ0v) is 22.5. The van der Waals surface area contributed by atoms with Crippen LogP contribution in [0.1, 0.15) is 32.4 Å². The van der Waals surface area contributed by atoms with Gasteiger partial charge in [-0.2, -0.15) is 0 Å². The molecule has 40 heavy (non-hydrogen) atoms. The summed E-state index contributed by atoms with van der Waals surface area (Å²) in [5.41, 5.74) is 4.11. The third-order valence-electron chi connectivity index (χ3n) is 6.01. The fraction of sp³-hybridized carbons (Fsp3) is 0.538. The zero-order valence-electron chi connectivity index (χ0n) is 22.5. The smallest absolute Gasteiger partial charge is 0.354 e. The van der Waals surface area contributed by atoms with E-state index in [1.54, 1.807) is 18.2 Å². The van der Waals surface area contributed by atoms with Crippen molar-refractivity contribution in [3.63, 3.8) is 0 Å². The Bertz CT molecular complexity index is 1060. The van der Waals surface area contributed by atoms with Gasteiger partial charge in [0.1, 0.15) is 5.69 Å². The molecule has 0 unspecified atom stereocenters. The van der Waals surface area contributed by atoms with E-state index in [-0.39, 0.29) is 11.4 Å². The summed E-state index contributed by atoms with van der Waals surface area (Å²) in [6, 6.07) is 8.06. The van der Waals surface area contributed by atoms with E-state index in [4.69, 9.17) is 24.8 Å². The summed E-state index contributed by atoms with van der Waals surface area (Å²) >= 11 is 0. The molecule has 3 heterocycles. The maximum atomic E-state index is 11.4. The number of hydrazine groups is 1. The minimum atomic E-state index is -1.13. The minimum Gasteiger partial charge on any atom is -0.477 e. The molecule has 0 bridgehead atoms. The van der Waals surface area contributed by atoms with Gasteiger partial charge in [-0.1, -0.05) is 6.07 Å². The molecule has 14 heteroatoms. The summed E-state index contributed by atoms with van der Waals surface area (Å²) in [4.78, 5) is 35.3. The molecule has 14 nitrogen and oxygen atoms in total. The van der Waals surface area contributed by atoms with Crippen molar-refractivity contribution in [2.24, 2.45) is 5.84 Å². The number of pyridine rings is 2. The zero-order chi connectivity index (χ0) is 28.6. The molecular weight excluding hydrogens is 524 g/mol. The number of aromatic carboxylic acids is 2. The van der Waals surface area contributed by atoms with Crippen LogP contribution in [0.5, 0.6) is 0 Å². The quantitative estimate of drug-likeness (QED) is 0.271. The molecule has 2 aromatic heterocycles. The number of nitrogens with one attached hydrogen (secondary N) is 1.